The van der Waals surface area contributed by atoms with E-state index in [0.717, 1.165) is 30.3 Å². The predicted molar refractivity (Wildman–Crippen MR) is 116 cm³/mol. The molecule has 3 heterocycles. The number of hydrogen-bond acceptors (Lipinski definition) is 7. The van der Waals surface area contributed by atoms with Crippen LogP contribution in [0.2, 0.25) is 0 Å². The summed E-state index contributed by atoms with van der Waals surface area (Å²) in [7, 11) is 0. The van der Waals surface area contributed by atoms with Crippen LogP contribution in [0.15, 0.2) is 59.7 Å². The van der Waals surface area contributed by atoms with Crippen LogP contribution in [-0.2, 0) is 17.7 Å². The second-order valence-corrected chi connectivity index (χ2v) is 7.04. The number of nitrogens with zero attached hydrogens (tertiary/aromatic N) is 5. The monoisotopic (exact) mass is 421 g/mol. The highest BCUT2D eigenvalue weighted by molar-refractivity contribution is 5.79. The van der Waals surface area contributed by atoms with Crippen LogP contribution in [0.5, 0.6) is 6.01 Å². The average Bonchev–Trinajstić information content (AvgIpc) is 2.80. The molecule has 0 radical (unpaired) electrons. The Hall–Kier alpha value is -3.39. The molecule has 7 nitrogen and oxygen atoms in total. The summed E-state index contributed by atoms with van der Waals surface area (Å²) in [6.45, 7) is 3.61. The molecule has 8 heteroatoms. The van der Waals surface area contributed by atoms with Crippen molar-refractivity contribution in [1.82, 2.24) is 15.0 Å². The van der Waals surface area contributed by atoms with E-state index in [1.165, 1.54) is 12.1 Å². The highest BCUT2D eigenvalue weighted by Gasteiger charge is 2.15. The van der Waals surface area contributed by atoms with Crippen LogP contribution in [0.1, 0.15) is 17.0 Å². The Bertz CT molecular complexity index is 1010. The molecule has 0 aliphatic carbocycles. The average molecular weight is 421 g/mol. The maximum atomic E-state index is 13.4. The first kappa shape index (κ1) is 20.9. The maximum absolute atomic E-state index is 13.4. The number of aromatic nitrogens is 3. The van der Waals surface area contributed by atoms with Crippen LogP contribution < -0.4 is 9.64 Å². The van der Waals surface area contributed by atoms with E-state index in [1.54, 1.807) is 24.5 Å². The lowest BCUT2D eigenvalue weighted by Gasteiger charge is -2.28. The van der Waals surface area contributed by atoms with Gasteiger partial charge in [-0.1, -0.05) is 18.2 Å². The van der Waals surface area contributed by atoms with E-state index in [1.807, 2.05) is 24.3 Å². The number of morpholine rings is 1. The Morgan fingerprint density at radius 1 is 1.06 bits per heavy atom. The van der Waals surface area contributed by atoms with Crippen LogP contribution in [0.3, 0.4) is 0 Å². The van der Waals surface area contributed by atoms with Gasteiger partial charge < -0.3 is 14.4 Å². The third-order valence-corrected chi connectivity index (χ3v) is 4.74. The van der Waals surface area contributed by atoms with Crippen molar-refractivity contribution in [2.75, 3.05) is 37.8 Å². The number of hydrogen-bond donors (Lipinski definition) is 0. The third kappa shape index (κ3) is 6.29. The summed E-state index contributed by atoms with van der Waals surface area (Å²) in [5.74, 6) is 0.506. The largest absolute Gasteiger partial charge is 0.463 e. The first-order chi connectivity index (χ1) is 15.3. The number of aliphatic imine (C=N–C) groups is 1. The summed E-state index contributed by atoms with van der Waals surface area (Å²) in [6, 6.07) is 14.3. The highest BCUT2D eigenvalue weighted by Crippen LogP contribution is 2.18. The van der Waals surface area contributed by atoms with Gasteiger partial charge in [0.1, 0.15) is 11.6 Å². The summed E-state index contributed by atoms with van der Waals surface area (Å²) in [5.41, 5.74) is 2.39. The predicted octanol–water partition coefficient (Wildman–Crippen LogP) is 3.09. The Morgan fingerprint density at radius 3 is 2.77 bits per heavy atom. The molecule has 31 heavy (non-hydrogen) atoms. The minimum atomic E-state index is -0.288. The second kappa shape index (κ2) is 10.6. The molecule has 1 aliphatic heterocycles. The second-order valence-electron chi connectivity index (χ2n) is 7.04. The van der Waals surface area contributed by atoms with Crippen molar-refractivity contribution >= 4 is 12.0 Å². The van der Waals surface area contributed by atoms with E-state index in [9.17, 15) is 4.39 Å². The number of ether oxygens (including phenoxy) is 2. The van der Waals surface area contributed by atoms with Crippen molar-refractivity contribution in [3.8, 4) is 6.01 Å². The Morgan fingerprint density at radius 2 is 1.97 bits per heavy atom. The third-order valence-electron chi connectivity index (χ3n) is 4.74. The number of benzene rings is 1. The molecular weight excluding hydrogens is 397 g/mol. The molecule has 0 bridgehead atoms. The van der Waals surface area contributed by atoms with Gasteiger partial charge >= 0.3 is 6.01 Å². The van der Waals surface area contributed by atoms with Gasteiger partial charge in [0.05, 0.1) is 32.1 Å². The van der Waals surface area contributed by atoms with Gasteiger partial charge in [0.25, 0.3) is 0 Å². The molecule has 1 aromatic carbocycles. The fourth-order valence-electron chi connectivity index (χ4n) is 3.18. The van der Waals surface area contributed by atoms with Crippen molar-refractivity contribution in [2.45, 2.75) is 13.0 Å². The molecule has 0 unspecified atom stereocenters. The quantitative estimate of drug-likeness (QED) is 0.521. The van der Waals surface area contributed by atoms with Crippen LogP contribution in [0.25, 0.3) is 0 Å². The first-order valence-corrected chi connectivity index (χ1v) is 10.2. The summed E-state index contributed by atoms with van der Waals surface area (Å²) >= 11 is 0. The minimum Gasteiger partial charge on any atom is -0.463 e. The topological polar surface area (TPSA) is 72.7 Å². The van der Waals surface area contributed by atoms with Gasteiger partial charge in [-0.25, -0.2) is 4.39 Å². The lowest BCUT2D eigenvalue weighted by atomic mass is 10.2. The maximum Gasteiger partial charge on any atom is 0.318 e. The molecule has 4 rings (SSSR count). The molecule has 0 N–H and O–H groups in total. The minimum absolute atomic E-state index is 0.288. The molecule has 3 aromatic rings. The molecule has 1 aliphatic rings. The molecule has 0 atom stereocenters. The SMILES string of the molecule is Fc1cccc(C=NCc2cc(N3CCOCC3)nc(OCCc3ccccn3)n2)c1. The molecular formula is C23H24FN5O2. The van der Waals surface area contributed by atoms with E-state index in [4.69, 9.17) is 9.47 Å². The van der Waals surface area contributed by atoms with E-state index >= 15 is 0 Å². The van der Waals surface area contributed by atoms with Crippen LogP contribution in [0, 0.1) is 5.82 Å². The van der Waals surface area contributed by atoms with Gasteiger partial charge in [0.2, 0.25) is 0 Å². The van der Waals surface area contributed by atoms with Crippen LogP contribution in [0.4, 0.5) is 10.2 Å². The number of anilines is 1. The highest BCUT2D eigenvalue weighted by atomic mass is 19.1. The molecule has 0 spiro atoms. The van der Waals surface area contributed by atoms with Gasteiger partial charge in [-0.15, -0.1) is 0 Å². The lowest BCUT2D eigenvalue weighted by molar-refractivity contribution is 0.122. The summed E-state index contributed by atoms with van der Waals surface area (Å²) < 4.78 is 24.6. The van der Waals surface area contributed by atoms with Crippen molar-refractivity contribution in [2.24, 2.45) is 4.99 Å². The zero-order valence-electron chi connectivity index (χ0n) is 17.2. The normalized spacial score (nSPS) is 14.2. The lowest BCUT2D eigenvalue weighted by Crippen LogP contribution is -2.37. The molecule has 1 fully saturated rings. The zero-order chi connectivity index (χ0) is 21.3. The van der Waals surface area contributed by atoms with Crippen molar-refractivity contribution < 1.29 is 13.9 Å². The molecule has 0 amide bonds. The fourth-order valence-corrected chi connectivity index (χ4v) is 3.18. The van der Waals surface area contributed by atoms with Crippen molar-refractivity contribution in [1.29, 1.82) is 0 Å². The Labute approximate surface area is 180 Å². The Kier molecular flexibility index (Phi) is 7.12. The van der Waals surface area contributed by atoms with Gasteiger partial charge in [-0.3, -0.25) is 9.98 Å². The van der Waals surface area contributed by atoms with E-state index in [0.29, 0.717) is 44.4 Å². The summed E-state index contributed by atoms with van der Waals surface area (Å²) in [4.78, 5) is 20.0. The first-order valence-electron chi connectivity index (χ1n) is 10.2. The van der Waals surface area contributed by atoms with E-state index in [-0.39, 0.29) is 5.82 Å². The summed E-state index contributed by atoms with van der Waals surface area (Å²) in [5, 5.41) is 0. The van der Waals surface area contributed by atoms with Gasteiger partial charge in [0, 0.05) is 43.7 Å². The fraction of sp³-hybridized carbons (Fsp3) is 0.304. The smallest absolute Gasteiger partial charge is 0.318 e. The van der Waals surface area contributed by atoms with Gasteiger partial charge in [-0.2, -0.15) is 9.97 Å². The van der Waals surface area contributed by atoms with Crippen LogP contribution in [-0.4, -0.2) is 54.1 Å². The number of pyridine rings is 1. The van der Waals surface area contributed by atoms with Crippen molar-refractivity contribution in [3.05, 3.63) is 77.5 Å². The van der Waals surface area contributed by atoms with E-state index in [2.05, 4.69) is 24.8 Å². The molecule has 2 aromatic heterocycles. The van der Waals surface area contributed by atoms with Crippen LogP contribution >= 0.6 is 0 Å². The van der Waals surface area contributed by atoms with Gasteiger partial charge in [0.15, 0.2) is 0 Å². The summed E-state index contributed by atoms with van der Waals surface area (Å²) in [6.07, 6.45) is 4.07. The number of halogens is 1. The van der Waals surface area contributed by atoms with E-state index < -0.39 is 0 Å². The van der Waals surface area contributed by atoms with Gasteiger partial charge in [-0.05, 0) is 29.8 Å². The standard InChI is InChI=1S/C23H24FN5O2/c24-19-5-3-4-18(14-19)16-25-17-21-15-22(29-9-12-30-13-10-29)28-23(27-21)31-11-7-20-6-1-2-8-26-20/h1-6,8,14-16H,7,9-13,17H2. The number of rotatable bonds is 8. The Balaban J connectivity index is 1.46. The molecule has 0 saturated carbocycles. The molecule has 1 saturated heterocycles. The zero-order valence-corrected chi connectivity index (χ0v) is 17.2. The molecule has 160 valence electrons. The van der Waals surface area contributed by atoms with Crippen molar-refractivity contribution in [3.63, 3.8) is 0 Å².